The number of amides is 4. The van der Waals surface area contributed by atoms with Crippen LogP contribution in [0.15, 0.2) is 12.1 Å². The van der Waals surface area contributed by atoms with E-state index in [4.69, 9.17) is 21.1 Å². The van der Waals surface area contributed by atoms with Gasteiger partial charge in [-0.3, -0.25) is 19.4 Å². The van der Waals surface area contributed by atoms with Crippen molar-refractivity contribution in [3.8, 4) is 11.5 Å². The van der Waals surface area contributed by atoms with Crippen LogP contribution in [0.1, 0.15) is 25.8 Å². The number of fused-ring (bicyclic) bond motifs is 1. The van der Waals surface area contributed by atoms with E-state index < -0.39 is 17.8 Å². The van der Waals surface area contributed by atoms with E-state index in [2.05, 4.69) is 0 Å². The number of nitrogens with zero attached hydrogens (tertiary/aromatic N) is 2. The second kappa shape index (κ2) is 6.32. The monoisotopic (exact) mass is 352 g/mol. The molecule has 8 heteroatoms. The summed E-state index contributed by atoms with van der Waals surface area (Å²) in [6.07, 6.45) is 0.737. The number of ether oxygens (including phenoxy) is 2. The standard InChI is InChI=1S/C16H17ClN2O5/c1-9(2)19-15(21)14(20)18(16(19)22)8-10-6-11(17)13-12(7-10)23-4-3-5-24-13/h6-7,9H,3-5,8H2,1-2H3. The molecule has 1 fully saturated rings. The van der Waals surface area contributed by atoms with Crippen molar-refractivity contribution in [2.45, 2.75) is 32.9 Å². The highest BCUT2D eigenvalue weighted by Gasteiger charge is 2.45. The highest BCUT2D eigenvalue weighted by molar-refractivity contribution is 6.44. The maximum atomic E-state index is 12.3. The molecule has 2 heterocycles. The van der Waals surface area contributed by atoms with E-state index >= 15 is 0 Å². The van der Waals surface area contributed by atoms with E-state index in [9.17, 15) is 14.4 Å². The highest BCUT2D eigenvalue weighted by Crippen LogP contribution is 2.38. The molecule has 0 saturated carbocycles. The number of carbonyl (C=O) groups is 3. The summed E-state index contributed by atoms with van der Waals surface area (Å²) in [6.45, 7) is 4.30. The Labute approximate surface area is 144 Å². The van der Waals surface area contributed by atoms with Gasteiger partial charge < -0.3 is 9.47 Å². The third-order valence-corrected chi connectivity index (χ3v) is 4.08. The molecule has 0 bridgehead atoms. The van der Waals surface area contributed by atoms with Gasteiger partial charge in [0.1, 0.15) is 0 Å². The van der Waals surface area contributed by atoms with Crippen molar-refractivity contribution in [1.29, 1.82) is 0 Å². The summed E-state index contributed by atoms with van der Waals surface area (Å²) in [5, 5.41) is 0.343. The van der Waals surface area contributed by atoms with Gasteiger partial charge >= 0.3 is 17.8 Å². The molecular weight excluding hydrogens is 336 g/mol. The molecule has 0 N–H and O–H groups in total. The van der Waals surface area contributed by atoms with E-state index in [1.165, 1.54) is 0 Å². The van der Waals surface area contributed by atoms with Gasteiger partial charge in [-0.2, -0.15) is 0 Å². The predicted molar refractivity (Wildman–Crippen MR) is 85.0 cm³/mol. The largest absolute Gasteiger partial charge is 0.489 e. The molecule has 0 unspecified atom stereocenters. The Kier molecular flexibility index (Phi) is 4.36. The Morgan fingerprint density at radius 3 is 2.50 bits per heavy atom. The molecule has 0 radical (unpaired) electrons. The minimum atomic E-state index is -0.836. The first-order chi connectivity index (χ1) is 11.4. The van der Waals surface area contributed by atoms with Crippen LogP contribution in [0.25, 0.3) is 0 Å². The summed E-state index contributed by atoms with van der Waals surface area (Å²) in [6, 6.07) is 2.28. The van der Waals surface area contributed by atoms with Crippen LogP contribution in [-0.2, 0) is 16.1 Å². The van der Waals surface area contributed by atoms with Crippen molar-refractivity contribution < 1.29 is 23.9 Å². The number of benzene rings is 1. The lowest BCUT2D eigenvalue weighted by Crippen LogP contribution is -2.37. The molecule has 2 aliphatic heterocycles. The van der Waals surface area contributed by atoms with Crippen molar-refractivity contribution in [1.82, 2.24) is 9.80 Å². The number of imide groups is 2. The molecule has 0 aliphatic carbocycles. The van der Waals surface area contributed by atoms with E-state index in [-0.39, 0.29) is 12.6 Å². The summed E-state index contributed by atoms with van der Waals surface area (Å²) < 4.78 is 11.1. The smallest absolute Gasteiger partial charge is 0.334 e. The molecule has 1 saturated heterocycles. The fourth-order valence-corrected chi connectivity index (χ4v) is 2.96. The van der Waals surface area contributed by atoms with Crippen LogP contribution in [0.4, 0.5) is 4.79 Å². The summed E-state index contributed by atoms with van der Waals surface area (Å²) >= 11 is 6.22. The van der Waals surface area contributed by atoms with E-state index in [0.29, 0.717) is 35.3 Å². The molecule has 1 aromatic rings. The number of hydrogen-bond acceptors (Lipinski definition) is 5. The van der Waals surface area contributed by atoms with Crippen LogP contribution in [0.5, 0.6) is 11.5 Å². The van der Waals surface area contributed by atoms with Crippen molar-refractivity contribution in [2.75, 3.05) is 13.2 Å². The topological polar surface area (TPSA) is 76.2 Å². The first-order valence-corrected chi connectivity index (χ1v) is 8.05. The van der Waals surface area contributed by atoms with Crippen LogP contribution in [0.3, 0.4) is 0 Å². The maximum absolute atomic E-state index is 12.3. The lowest BCUT2D eigenvalue weighted by molar-refractivity contribution is -0.144. The van der Waals surface area contributed by atoms with E-state index in [1.54, 1.807) is 26.0 Å². The minimum Gasteiger partial charge on any atom is -0.489 e. The molecule has 24 heavy (non-hydrogen) atoms. The summed E-state index contributed by atoms with van der Waals surface area (Å²) in [7, 11) is 0. The quantitative estimate of drug-likeness (QED) is 0.615. The number of urea groups is 1. The van der Waals surface area contributed by atoms with Gasteiger partial charge in [-0.15, -0.1) is 0 Å². The summed E-state index contributed by atoms with van der Waals surface area (Å²) in [5.74, 6) is -0.717. The Morgan fingerprint density at radius 1 is 1.12 bits per heavy atom. The highest BCUT2D eigenvalue weighted by atomic mass is 35.5. The van der Waals surface area contributed by atoms with Crippen molar-refractivity contribution in [3.63, 3.8) is 0 Å². The van der Waals surface area contributed by atoms with E-state index in [1.807, 2.05) is 0 Å². The normalized spacial score (nSPS) is 17.8. The second-order valence-corrected chi connectivity index (χ2v) is 6.31. The Morgan fingerprint density at radius 2 is 1.83 bits per heavy atom. The average Bonchev–Trinajstić information content (AvgIpc) is 2.71. The van der Waals surface area contributed by atoms with Gasteiger partial charge in [-0.25, -0.2) is 4.79 Å². The molecule has 7 nitrogen and oxygen atoms in total. The summed E-state index contributed by atoms with van der Waals surface area (Å²) in [4.78, 5) is 38.2. The number of rotatable bonds is 3. The van der Waals surface area contributed by atoms with Gasteiger partial charge in [0.15, 0.2) is 11.5 Å². The van der Waals surface area contributed by atoms with Gasteiger partial charge in [0.2, 0.25) is 0 Å². The fraction of sp³-hybridized carbons (Fsp3) is 0.438. The third kappa shape index (κ3) is 2.80. The average molecular weight is 353 g/mol. The minimum absolute atomic E-state index is 0.0526. The Bertz CT molecular complexity index is 719. The second-order valence-electron chi connectivity index (χ2n) is 5.90. The zero-order chi connectivity index (χ0) is 17.4. The van der Waals surface area contributed by atoms with Gasteiger partial charge in [-0.05, 0) is 31.5 Å². The molecule has 0 atom stereocenters. The van der Waals surface area contributed by atoms with Gasteiger partial charge in [0.05, 0.1) is 24.8 Å². The lowest BCUT2D eigenvalue weighted by atomic mass is 10.2. The number of halogens is 1. The molecule has 0 aromatic heterocycles. The third-order valence-electron chi connectivity index (χ3n) is 3.80. The maximum Gasteiger partial charge on any atom is 0.334 e. The number of hydrogen-bond donors (Lipinski definition) is 0. The molecule has 1 aromatic carbocycles. The Balaban J connectivity index is 1.88. The van der Waals surface area contributed by atoms with Crippen LogP contribution in [0.2, 0.25) is 5.02 Å². The molecular formula is C16H17ClN2O5. The van der Waals surface area contributed by atoms with Crippen LogP contribution in [0, 0.1) is 0 Å². The SMILES string of the molecule is CC(C)N1C(=O)C(=O)N(Cc2cc(Cl)c3c(c2)OCCCO3)C1=O. The van der Waals surface area contributed by atoms with Gasteiger partial charge in [-0.1, -0.05) is 11.6 Å². The van der Waals surface area contributed by atoms with Crippen molar-refractivity contribution >= 4 is 29.4 Å². The van der Waals surface area contributed by atoms with Crippen LogP contribution in [-0.4, -0.2) is 46.9 Å². The summed E-state index contributed by atoms with van der Waals surface area (Å²) in [5.41, 5.74) is 0.587. The first-order valence-electron chi connectivity index (χ1n) is 7.67. The first kappa shape index (κ1) is 16.6. The van der Waals surface area contributed by atoms with E-state index in [0.717, 1.165) is 16.2 Å². The molecule has 4 amide bonds. The molecule has 2 aliphatic rings. The van der Waals surface area contributed by atoms with Gasteiger partial charge in [0, 0.05) is 12.5 Å². The molecule has 3 rings (SSSR count). The molecule has 0 spiro atoms. The fourth-order valence-electron chi connectivity index (χ4n) is 2.68. The van der Waals surface area contributed by atoms with Crippen LogP contribution < -0.4 is 9.47 Å². The zero-order valence-electron chi connectivity index (χ0n) is 13.4. The van der Waals surface area contributed by atoms with Crippen molar-refractivity contribution in [2.24, 2.45) is 0 Å². The van der Waals surface area contributed by atoms with Crippen LogP contribution >= 0.6 is 11.6 Å². The molecule has 128 valence electrons. The number of carbonyl (C=O) groups excluding carboxylic acids is 3. The Hall–Kier alpha value is -2.28. The predicted octanol–water partition coefficient (Wildman–Crippen LogP) is 2.20. The lowest BCUT2D eigenvalue weighted by Gasteiger charge is -2.19. The van der Waals surface area contributed by atoms with Crippen molar-refractivity contribution in [3.05, 3.63) is 22.7 Å². The zero-order valence-corrected chi connectivity index (χ0v) is 14.1. The van der Waals surface area contributed by atoms with Gasteiger partial charge in [0.25, 0.3) is 0 Å².